The molecule has 0 rings (SSSR count). The van der Waals surface area contributed by atoms with E-state index in [0.717, 1.165) is 12.1 Å². The van der Waals surface area contributed by atoms with Gasteiger partial charge in [-0.15, -0.1) is 0 Å². The summed E-state index contributed by atoms with van der Waals surface area (Å²) in [6, 6.07) is 2.28. The summed E-state index contributed by atoms with van der Waals surface area (Å²) in [6.45, 7) is 27.0. The highest BCUT2D eigenvalue weighted by Crippen LogP contribution is 2.16. The Kier molecular flexibility index (Phi) is 12.4. The molecule has 0 saturated heterocycles. The van der Waals surface area contributed by atoms with E-state index in [1.807, 2.05) is 0 Å². The van der Waals surface area contributed by atoms with Gasteiger partial charge in [0.05, 0.1) is 19.0 Å². The summed E-state index contributed by atoms with van der Waals surface area (Å²) >= 11 is 0. The van der Waals surface area contributed by atoms with E-state index in [4.69, 9.17) is 17.7 Å². The largest absolute Gasteiger partial charge is 0.398 e. The third-order valence-corrected chi connectivity index (χ3v) is 11.4. The quantitative estimate of drug-likeness (QED) is 0.198. The molecule has 0 aliphatic carbocycles. The Labute approximate surface area is 184 Å². The van der Waals surface area contributed by atoms with Crippen molar-refractivity contribution in [2.75, 3.05) is 0 Å². The highest BCUT2D eigenvalue weighted by atomic mass is 28.4. The predicted molar refractivity (Wildman–Crippen MR) is 141 cm³/mol. The molecule has 0 saturated carbocycles. The number of allylic oxidation sites excluding steroid dienone is 2. The molecule has 0 atom stereocenters. The van der Waals surface area contributed by atoms with Gasteiger partial charge in [-0.1, -0.05) is 12.2 Å². The lowest BCUT2D eigenvalue weighted by atomic mass is 10.6. The first-order valence-corrected chi connectivity index (χ1v) is 28.0. The van der Waals surface area contributed by atoms with Crippen molar-refractivity contribution in [2.45, 2.75) is 102 Å². The van der Waals surface area contributed by atoms with Crippen molar-refractivity contribution < 1.29 is 17.7 Å². The molecule has 168 valence electrons. The summed E-state index contributed by atoms with van der Waals surface area (Å²) in [7, 11) is -7.13. The van der Waals surface area contributed by atoms with Crippen LogP contribution in [0.3, 0.4) is 0 Å². The molecule has 4 nitrogen and oxygen atoms in total. The third kappa shape index (κ3) is 20.2. The Morgan fingerprint density at radius 2 is 0.714 bits per heavy atom. The monoisotopic (exact) mass is 496 g/mol. The molecule has 0 fully saturated rings. The molecule has 0 aliphatic rings. The van der Waals surface area contributed by atoms with Crippen LogP contribution < -0.4 is 0 Å². The lowest BCUT2D eigenvalue weighted by Crippen LogP contribution is -2.43. The minimum Gasteiger partial charge on any atom is -0.398 e. The van der Waals surface area contributed by atoms with Crippen molar-refractivity contribution in [3.8, 4) is 0 Å². The van der Waals surface area contributed by atoms with Crippen LogP contribution >= 0.6 is 0 Å². The minimum atomic E-state index is -1.57. The Morgan fingerprint density at radius 3 is 0.893 bits per heavy atom. The summed E-state index contributed by atoms with van der Waals surface area (Å²) in [6.07, 6.45) is 4.71. The molecular formula is C18H48O4Si6. The number of hydrogen-bond acceptors (Lipinski definition) is 4. The zero-order chi connectivity index (χ0) is 22.2. The fourth-order valence-corrected chi connectivity index (χ4v) is 15.4. The number of rotatable bonds is 14. The zero-order valence-electron chi connectivity index (χ0n) is 20.8. The third-order valence-electron chi connectivity index (χ3n) is 3.24. The van der Waals surface area contributed by atoms with Gasteiger partial charge in [0.15, 0.2) is 33.3 Å². The lowest BCUT2D eigenvalue weighted by Gasteiger charge is -2.31. The van der Waals surface area contributed by atoms with Gasteiger partial charge in [-0.3, -0.25) is 0 Å². The van der Waals surface area contributed by atoms with Crippen molar-refractivity contribution in [2.24, 2.45) is 0 Å². The first-order chi connectivity index (χ1) is 12.4. The summed E-state index contributed by atoms with van der Waals surface area (Å²) in [4.78, 5) is 0. The molecule has 10 heteroatoms. The van der Waals surface area contributed by atoms with Gasteiger partial charge in [0, 0.05) is 0 Å². The Morgan fingerprint density at radius 1 is 0.500 bits per heavy atom. The molecule has 0 aliphatic heterocycles. The van der Waals surface area contributed by atoms with Crippen molar-refractivity contribution in [1.29, 1.82) is 0 Å². The normalized spacial score (nSPS) is 15.5. The van der Waals surface area contributed by atoms with Crippen molar-refractivity contribution in [1.82, 2.24) is 0 Å². The fraction of sp³-hybridized carbons (Fsp3) is 0.889. The van der Waals surface area contributed by atoms with Gasteiger partial charge in [0.25, 0.3) is 0 Å². The topological polar surface area (TPSA) is 36.9 Å². The SMILES string of the molecule is C[Si](C)(C)OC(O[Si](C)(C)C)[SiH2]C/C=C/C[SiH2]C(O[Si](C)(C)C)O[Si](C)(C)C. The highest BCUT2D eigenvalue weighted by molar-refractivity contribution is 6.72. The van der Waals surface area contributed by atoms with Gasteiger partial charge in [0.2, 0.25) is 0 Å². The maximum Gasteiger partial charge on any atom is 0.186 e. The van der Waals surface area contributed by atoms with Crippen molar-refractivity contribution in [3.63, 3.8) is 0 Å². The van der Waals surface area contributed by atoms with Crippen LogP contribution in [-0.4, -0.2) is 64.1 Å². The van der Waals surface area contributed by atoms with Gasteiger partial charge < -0.3 is 17.7 Å². The van der Waals surface area contributed by atoms with Crippen LogP contribution in [0.5, 0.6) is 0 Å². The van der Waals surface area contributed by atoms with E-state index in [9.17, 15) is 0 Å². The van der Waals surface area contributed by atoms with E-state index >= 15 is 0 Å². The Bertz CT molecular complexity index is 387. The van der Waals surface area contributed by atoms with E-state index < -0.39 is 52.3 Å². The average molecular weight is 497 g/mol. The van der Waals surface area contributed by atoms with Gasteiger partial charge in [0.1, 0.15) is 11.8 Å². The van der Waals surface area contributed by atoms with Crippen LogP contribution in [-0.2, 0) is 17.7 Å². The minimum absolute atomic E-state index is 0.0819. The predicted octanol–water partition coefficient (Wildman–Crippen LogP) is 4.69. The molecule has 0 amide bonds. The second-order valence-corrected chi connectivity index (χ2v) is 32.9. The van der Waals surface area contributed by atoms with Gasteiger partial charge in [-0.25, -0.2) is 0 Å². The van der Waals surface area contributed by atoms with E-state index in [-0.39, 0.29) is 11.8 Å². The van der Waals surface area contributed by atoms with E-state index in [1.165, 1.54) is 0 Å². The summed E-state index contributed by atoms with van der Waals surface area (Å²) in [5.74, 6) is 0.164. The first kappa shape index (κ1) is 28.9. The van der Waals surface area contributed by atoms with Crippen LogP contribution in [0.15, 0.2) is 12.2 Å². The smallest absolute Gasteiger partial charge is 0.186 e. The summed E-state index contributed by atoms with van der Waals surface area (Å²) < 4.78 is 25.3. The van der Waals surface area contributed by atoms with Crippen LogP contribution in [0.2, 0.25) is 90.7 Å². The molecule has 0 aromatic rings. The van der Waals surface area contributed by atoms with E-state index in [0.29, 0.717) is 0 Å². The summed E-state index contributed by atoms with van der Waals surface area (Å²) in [5, 5.41) is 0. The standard InChI is InChI=1S/C18H48O4Si6/c1-25(2,3)19-17(20-26(4,5)6)23-15-13-14-16-24-18(21-27(7,8)9)22-28(10,11)12/h13-14,17-18H,15-16,23-24H2,1-12H3/b14-13+. The van der Waals surface area contributed by atoms with Gasteiger partial charge in [-0.2, -0.15) is 0 Å². The van der Waals surface area contributed by atoms with Crippen LogP contribution in [0.25, 0.3) is 0 Å². The maximum absolute atomic E-state index is 6.33. The van der Waals surface area contributed by atoms with Crippen LogP contribution in [0.1, 0.15) is 0 Å². The van der Waals surface area contributed by atoms with Gasteiger partial charge >= 0.3 is 0 Å². The summed E-state index contributed by atoms with van der Waals surface area (Å²) in [5.41, 5.74) is 0. The zero-order valence-corrected chi connectivity index (χ0v) is 27.6. The average Bonchev–Trinajstić information content (AvgIpc) is 2.34. The maximum atomic E-state index is 6.33. The molecule has 0 heterocycles. The number of hydrogen-bond donors (Lipinski definition) is 0. The highest BCUT2D eigenvalue weighted by Gasteiger charge is 2.27. The van der Waals surface area contributed by atoms with Crippen molar-refractivity contribution >= 4 is 52.3 Å². The Balaban J connectivity index is 4.53. The fourth-order valence-electron chi connectivity index (χ4n) is 2.56. The Hall–Kier alpha value is 0.881. The molecule has 0 radical (unpaired) electrons. The van der Waals surface area contributed by atoms with Gasteiger partial charge in [-0.05, 0) is 90.7 Å². The molecule has 0 bridgehead atoms. The molecule has 0 unspecified atom stereocenters. The van der Waals surface area contributed by atoms with Crippen molar-refractivity contribution in [3.05, 3.63) is 12.2 Å². The first-order valence-electron chi connectivity index (χ1n) is 10.7. The van der Waals surface area contributed by atoms with E-state index in [1.54, 1.807) is 0 Å². The second-order valence-electron chi connectivity index (χ2n) is 11.4. The lowest BCUT2D eigenvalue weighted by molar-refractivity contribution is 0.0601. The molecule has 28 heavy (non-hydrogen) atoms. The van der Waals surface area contributed by atoms with Crippen LogP contribution in [0, 0.1) is 0 Å². The van der Waals surface area contributed by atoms with E-state index in [2.05, 4.69) is 90.7 Å². The molecule has 0 spiro atoms. The molecule has 0 aromatic carbocycles. The van der Waals surface area contributed by atoms with Crippen LogP contribution in [0.4, 0.5) is 0 Å². The molecule has 0 aromatic heterocycles. The second kappa shape index (κ2) is 12.1. The molecule has 0 N–H and O–H groups in total. The molecular weight excluding hydrogens is 449 g/mol.